The number of nitrogens with one attached hydrogen (secondary N) is 3. The van der Waals surface area contributed by atoms with Gasteiger partial charge in [-0.3, -0.25) is 9.69 Å². The molecule has 1 aliphatic heterocycles. The SMILES string of the molecule is CCOC(=O)c1c(NC(=O)C(CC)Sc2cccc(NC(=S)Nc3ccccc3OC)c2)sc2c1CCN(Cc1ccccc1)C2. The highest BCUT2D eigenvalue weighted by atomic mass is 32.2. The maximum atomic E-state index is 13.7. The molecule has 0 bridgehead atoms. The first-order valence-corrected chi connectivity index (χ1v) is 17.3. The third-order valence-corrected chi connectivity index (χ3v) is 10.2. The Labute approximate surface area is 283 Å². The number of nitrogens with zero attached hydrogens (tertiary/aromatic N) is 1. The molecule has 0 radical (unpaired) electrons. The van der Waals surface area contributed by atoms with Gasteiger partial charge in [-0.15, -0.1) is 23.1 Å². The van der Waals surface area contributed by atoms with Gasteiger partial charge >= 0.3 is 5.97 Å². The molecule has 240 valence electrons. The first-order chi connectivity index (χ1) is 22.4. The minimum absolute atomic E-state index is 0.149. The number of benzene rings is 3. The highest BCUT2D eigenvalue weighted by Gasteiger charge is 2.31. The van der Waals surface area contributed by atoms with Gasteiger partial charge in [0.2, 0.25) is 5.91 Å². The predicted molar refractivity (Wildman–Crippen MR) is 192 cm³/mol. The smallest absolute Gasteiger partial charge is 0.341 e. The fourth-order valence-electron chi connectivity index (χ4n) is 5.30. The third kappa shape index (κ3) is 8.47. The number of thiocarbonyl (C=S) groups is 1. The molecule has 0 aliphatic carbocycles. The number of esters is 1. The third-order valence-electron chi connectivity index (χ3n) is 7.49. The number of fused-ring (bicyclic) bond motifs is 1. The summed E-state index contributed by atoms with van der Waals surface area (Å²) in [4.78, 5) is 31.2. The van der Waals surface area contributed by atoms with Crippen LogP contribution in [0.1, 0.15) is 46.6 Å². The van der Waals surface area contributed by atoms with Crippen molar-refractivity contribution < 1.29 is 19.1 Å². The van der Waals surface area contributed by atoms with Crippen molar-refractivity contribution in [3.63, 3.8) is 0 Å². The van der Waals surface area contributed by atoms with E-state index >= 15 is 0 Å². The van der Waals surface area contributed by atoms with E-state index in [4.69, 9.17) is 21.7 Å². The summed E-state index contributed by atoms with van der Waals surface area (Å²) < 4.78 is 10.8. The van der Waals surface area contributed by atoms with E-state index < -0.39 is 0 Å². The van der Waals surface area contributed by atoms with Crippen molar-refractivity contribution in [3.8, 4) is 5.75 Å². The maximum Gasteiger partial charge on any atom is 0.341 e. The van der Waals surface area contributed by atoms with Crippen LogP contribution in [-0.4, -0.2) is 47.4 Å². The molecular formula is C35H38N4O4S3. The zero-order valence-electron chi connectivity index (χ0n) is 26.1. The van der Waals surface area contributed by atoms with E-state index in [1.807, 2.05) is 73.7 Å². The Morgan fingerprint density at radius 3 is 2.54 bits per heavy atom. The molecule has 5 rings (SSSR count). The summed E-state index contributed by atoms with van der Waals surface area (Å²) >= 11 is 8.49. The van der Waals surface area contributed by atoms with E-state index in [2.05, 4.69) is 33.0 Å². The summed E-state index contributed by atoms with van der Waals surface area (Å²) in [5, 5.41) is 10.1. The molecule has 11 heteroatoms. The van der Waals surface area contributed by atoms with Crippen molar-refractivity contribution in [2.24, 2.45) is 0 Å². The van der Waals surface area contributed by atoms with Gasteiger partial charge in [-0.2, -0.15) is 0 Å². The molecule has 4 aromatic rings. The first kappa shape index (κ1) is 33.5. The molecule has 1 aliphatic rings. The van der Waals surface area contributed by atoms with Crippen LogP contribution in [0, 0.1) is 0 Å². The Kier molecular flexibility index (Phi) is 11.7. The first-order valence-electron chi connectivity index (χ1n) is 15.2. The van der Waals surface area contributed by atoms with E-state index in [0.29, 0.717) is 27.8 Å². The van der Waals surface area contributed by atoms with Crippen molar-refractivity contribution in [1.82, 2.24) is 4.90 Å². The van der Waals surface area contributed by atoms with Gasteiger partial charge in [-0.25, -0.2) is 4.79 Å². The van der Waals surface area contributed by atoms with Gasteiger partial charge in [-0.05, 0) is 73.4 Å². The largest absolute Gasteiger partial charge is 0.495 e. The number of para-hydroxylation sites is 2. The number of amides is 1. The van der Waals surface area contributed by atoms with Gasteiger partial charge < -0.3 is 25.4 Å². The number of rotatable bonds is 12. The maximum absolute atomic E-state index is 13.7. The number of carbonyl (C=O) groups is 2. The van der Waals surface area contributed by atoms with Crippen LogP contribution in [0.5, 0.6) is 5.75 Å². The summed E-state index contributed by atoms with van der Waals surface area (Å²) in [7, 11) is 1.61. The van der Waals surface area contributed by atoms with E-state index in [1.54, 1.807) is 14.0 Å². The molecule has 1 aromatic heterocycles. The summed E-state index contributed by atoms with van der Waals surface area (Å²) in [6, 6.07) is 25.7. The molecular weight excluding hydrogens is 637 g/mol. The molecule has 1 unspecified atom stereocenters. The van der Waals surface area contributed by atoms with Crippen LogP contribution in [0.4, 0.5) is 16.4 Å². The van der Waals surface area contributed by atoms with Crippen molar-refractivity contribution in [2.75, 3.05) is 36.2 Å². The van der Waals surface area contributed by atoms with Crippen LogP contribution < -0.4 is 20.7 Å². The number of thioether (sulfide) groups is 1. The monoisotopic (exact) mass is 674 g/mol. The predicted octanol–water partition coefficient (Wildman–Crippen LogP) is 7.81. The van der Waals surface area contributed by atoms with Crippen LogP contribution in [0.3, 0.4) is 0 Å². The molecule has 0 saturated heterocycles. The highest BCUT2D eigenvalue weighted by molar-refractivity contribution is 8.00. The normalized spacial score (nSPS) is 13.3. The summed E-state index contributed by atoms with van der Waals surface area (Å²) in [5.74, 6) is 0.156. The fourth-order valence-corrected chi connectivity index (χ4v) is 7.82. The fraction of sp³-hybridized carbons (Fsp3) is 0.286. The van der Waals surface area contributed by atoms with Crippen molar-refractivity contribution >= 4 is 68.7 Å². The number of thiophene rings is 1. The molecule has 0 spiro atoms. The molecule has 1 amide bonds. The summed E-state index contributed by atoms with van der Waals surface area (Å²) in [5.41, 5.74) is 4.29. The Morgan fingerprint density at radius 2 is 1.78 bits per heavy atom. The zero-order valence-corrected chi connectivity index (χ0v) is 28.6. The Balaban J connectivity index is 1.27. The van der Waals surface area contributed by atoms with E-state index in [1.165, 1.54) is 28.7 Å². The van der Waals surface area contributed by atoms with Crippen LogP contribution >= 0.6 is 35.3 Å². The van der Waals surface area contributed by atoms with E-state index in [0.717, 1.165) is 52.8 Å². The van der Waals surface area contributed by atoms with Gasteiger partial charge in [0.05, 0.1) is 30.2 Å². The lowest BCUT2D eigenvalue weighted by Gasteiger charge is -2.27. The van der Waals surface area contributed by atoms with E-state index in [9.17, 15) is 9.59 Å². The highest BCUT2D eigenvalue weighted by Crippen LogP contribution is 2.39. The van der Waals surface area contributed by atoms with Gasteiger partial charge in [0.15, 0.2) is 5.11 Å². The second-order valence-corrected chi connectivity index (χ2v) is 13.5. The molecule has 0 saturated carbocycles. The lowest BCUT2D eigenvalue weighted by Crippen LogP contribution is -2.30. The van der Waals surface area contributed by atoms with Crippen molar-refractivity contribution in [2.45, 2.75) is 49.9 Å². The Morgan fingerprint density at radius 1 is 1.00 bits per heavy atom. The Hall–Kier alpha value is -3.90. The molecule has 1 atom stereocenters. The van der Waals surface area contributed by atoms with Crippen LogP contribution in [0.2, 0.25) is 0 Å². The second kappa shape index (κ2) is 16.1. The summed E-state index contributed by atoms with van der Waals surface area (Å²) in [6.45, 7) is 6.43. The van der Waals surface area contributed by atoms with Gasteiger partial charge in [0.1, 0.15) is 10.8 Å². The number of ether oxygens (including phenoxy) is 2. The molecule has 0 fully saturated rings. The molecule has 3 aromatic carbocycles. The van der Waals surface area contributed by atoms with Gasteiger partial charge in [0.25, 0.3) is 0 Å². The average molecular weight is 675 g/mol. The minimum atomic E-state index is -0.385. The lowest BCUT2D eigenvalue weighted by molar-refractivity contribution is -0.115. The lowest BCUT2D eigenvalue weighted by atomic mass is 10.0. The Bertz CT molecular complexity index is 1680. The number of hydrogen-bond acceptors (Lipinski definition) is 8. The zero-order chi connectivity index (χ0) is 32.5. The van der Waals surface area contributed by atoms with Crippen molar-refractivity contribution in [1.29, 1.82) is 0 Å². The van der Waals surface area contributed by atoms with Crippen LogP contribution in [0.15, 0.2) is 83.8 Å². The summed E-state index contributed by atoms with van der Waals surface area (Å²) in [6.07, 6.45) is 1.33. The molecule has 46 heavy (non-hydrogen) atoms. The van der Waals surface area contributed by atoms with Crippen molar-refractivity contribution in [3.05, 3.63) is 100 Å². The number of hydrogen-bond donors (Lipinski definition) is 3. The van der Waals surface area contributed by atoms with Gasteiger partial charge in [-0.1, -0.05) is 55.5 Å². The average Bonchev–Trinajstić information content (AvgIpc) is 3.41. The standard InChI is InChI=1S/C35H38N4O4S3/c1-4-29(45-25-15-11-14-24(20-25)36-35(44)37-27-16-9-10-17-28(27)42-3)32(40)38-33-31(34(41)43-5-2)26-18-19-39(22-30(26)46-33)21-23-12-7-6-8-13-23/h6-17,20,29H,4-5,18-19,21-22H2,1-3H3,(H,38,40)(H2,36,37,44). The quantitative estimate of drug-likeness (QED) is 0.0791. The van der Waals surface area contributed by atoms with E-state index in [-0.39, 0.29) is 23.7 Å². The van der Waals surface area contributed by atoms with Crippen LogP contribution in [0.25, 0.3) is 0 Å². The second-order valence-electron chi connectivity index (χ2n) is 10.7. The minimum Gasteiger partial charge on any atom is -0.495 e. The number of carbonyl (C=O) groups excluding carboxylic acids is 2. The molecule has 3 N–H and O–H groups in total. The van der Waals surface area contributed by atoms with Crippen LogP contribution in [-0.2, 0) is 29.0 Å². The number of anilines is 3. The number of methoxy groups -OCH3 is 1. The molecule has 8 nitrogen and oxygen atoms in total. The molecule has 2 heterocycles. The topological polar surface area (TPSA) is 91.9 Å². The van der Waals surface area contributed by atoms with Gasteiger partial charge in [0, 0.05) is 35.1 Å².